The lowest BCUT2D eigenvalue weighted by Crippen LogP contribution is -2.39. The quantitative estimate of drug-likeness (QED) is 0.189. The maximum Gasteiger partial charge on any atom is 0.338 e. The number of carbonyl (C=O) groups excluding carboxylic acids is 1. The summed E-state index contributed by atoms with van der Waals surface area (Å²) < 4.78 is 24.3. The lowest BCUT2D eigenvalue weighted by Gasteiger charge is -2.24. The van der Waals surface area contributed by atoms with E-state index in [2.05, 4.69) is 4.99 Å². The molecule has 3 aromatic carbocycles. The fourth-order valence-electron chi connectivity index (χ4n) is 4.61. The van der Waals surface area contributed by atoms with Crippen molar-refractivity contribution in [2.75, 3.05) is 26.9 Å². The van der Waals surface area contributed by atoms with Crippen LogP contribution in [0.5, 0.6) is 17.2 Å². The van der Waals surface area contributed by atoms with Gasteiger partial charge >= 0.3 is 5.97 Å². The van der Waals surface area contributed by atoms with Crippen LogP contribution in [0.2, 0.25) is 5.02 Å². The van der Waals surface area contributed by atoms with Crippen molar-refractivity contribution in [3.05, 3.63) is 120 Å². The van der Waals surface area contributed by atoms with Crippen LogP contribution in [0.3, 0.4) is 0 Å². The van der Waals surface area contributed by atoms with Gasteiger partial charge in [-0.1, -0.05) is 59.3 Å². The van der Waals surface area contributed by atoms with Gasteiger partial charge in [0.25, 0.3) is 5.56 Å². The number of thiazole rings is 1. The first-order valence-corrected chi connectivity index (χ1v) is 14.5. The van der Waals surface area contributed by atoms with E-state index in [-0.39, 0.29) is 12.2 Å². The monoisotopic (exact) mass is 604 g/mol. The Morgan fingerprint density at radius 2 is 1.79 bits per heavy atom. The van der Waals surface area contributed by atoms with E-state index in [9.17, 15) is 9.59 Å². The fraction of sp³-hybridized carbons (Fsp3) is 0.219. The lowest BCUT2D eigenvalue weighted by molar-refractivity contribution is -0.139. The van der Waals surface area contributed by atoms with Crippen LogP contribution in [0.1, 0.15) is 31.0 Å². The number of ether oxygens (including phenoxy) is 4. The SMILES string of the molecule is CCOC(=O)C1=C(C)N=c2sc(=Cc3cccc(OCCOc4ccccc4Cl)c3)c(=O)n2C1c1ccc(OC)cc1. The van der Waals surface area contributed by atoms with Crippen LogP contribution in [0.4, 0.5) is 0 Å². The summed E-state index contributed by atoms with van der Waals surface area (Å²) >= 11 is 7.40. The Morgan fingerprint density at radius 3 is 2.52 bits per heavy atom. The van der Waals surface area contributed by atoms with Crippen LogP contribution in [-0.4, -0.2) is 37.5 Å². The first-order valence-electron chi connectivity index (χ1n) is 13.3. The van der Waals surface area contributed by atoms with Gasteiger partial charge in [-0.05, 0) is 67.4 Å². The molecule has 42 heavy (non-hydrogen) atoms. The van der Waals surface area contributed by atoms with E-state index >= 15 is 0 Å². The van der Waals surface area contributed by atoms with E-state index in [1.54, 1.807) is 55.9 Å². The number of halogens is 1. The summed E-state index contributed by atoms with van der Waals surface area (Å²) in [4.78, 5) is 32.0. The van der Waals surface area contributed by atoms with Crippen LogP contribution in [0, 0.1) is 0 Å². The summed E-state index contributed by atoms with van der Waals surface area (Å²) in [5.41, 5.74) is 2.11. The molecule has 0 amide bonds. The Labute approximate surface area is 251 Å². The number of esters is 1. The number of benzene rings is 3. The van der Waals surface area contributed by atoms with Crippen molar-refractivity contribution >= 4 is 35.0 Å². The van der Waals surface area contributed by atoms with E-state index < -0.39 is 12.0 Å². The maximum atomic E-state index is 13.8. The minimum absolute atomic E-state index is 0.208. The highest BCUT2D eigenvalue weighted by molar-refractivity contribution is 7.07. The Bertz CT molecular complexity index is 1810. The first kappa shape index (κ1) is 29.2. The molecule has 2 heterocycles. The van der Waals surface area contributed by atoms with Gasteiger partial charge in [-0.3, -0.25) is 9.36 Å². The van der Waals surface area contributed by atoms with Crippen molar-refractivity contribution in [1.29, 1.82) is 0 Å². The molecule has 0 saturated heterocycles. The van der Waals surface area contributed by atoms with Crippen LogP contribution >= 0.6 is 22.9 Å². The molecule has 1 aliphatic rings. The molecule has 1 aliphatic heterocycles. The number of hydrogen-bond donors (Lipinski definition) is 0. The Kier molecular flexibility index (Phi) is 9.09. The van der Waals surface area contributed by atoms with Gasteiger partial charge in [-0.2, -0.15) is 0 Å². The van der Waals surface area contributed by atoms with Crippen molar-refractivity contribution in [3.63, 3.8) is 0 Å². The number of nitrogens with zero attached hydrogens (tertiary/aromatic N) is 2. The summed E-state index contributed by atoms with van der Waals surface area (Å²) in [6.07, 6.45) is 1.80. The van der Waals surface area contributed by atoms with Crippen LogP contribution in [-0.2, 0) is 9.53 Å². The second-order valence-electron chi connectivity index (χ2n) is 9.28. The van der Waals surface area contributed by atoms with Gasteiger partial charge in [0, 0.05) is 0 Å². The number of fused-ring (bicyclic) bond motifs is 1. The van der Waals surface area contributed by atoms with Gasteiger partial charge in [-0.15, -0.1) is 0 Å². The molecule has 8 nitrogen and oxygen atoms in total. The number of para-hydroxylation sites is 1. The Morgan fingerprint density at radius 1 is 1.02 bits per heavy atom. The molecule has 0 radical (unpaired) electrons. The van der Waals surface area contributed by atoms with Crippen molar-refractivity contribution < 1.29 is 23.7 Å². The predicted molar refractivity (Wildman–Crippen MR) is 162 cm³/mol. The third-order valence-corrected chi connectivity index (χ3v) is 7.85. The second-order valence-corrected chi connectivity index (χ2v) is 10.7. The third-order valence-electron chi connectivity index (χ3n) is 6.55. The van der Waals surface area contributed by atoms with Gasteiger partial charge < -0.3 is 18.9 Å². The molecule has 0 aliphatic carbocycles. The highest BCUT2D eigenvalue weighted by Gasteiger charge is 2.33. The zero-order chi connectivity index (χ0) is 29.6. The lowest BCUT2D eigenvalue weighted by atomic mass is 9.96. The largest absolute Gasteiger partial charge is 0.497 e. The number of methoxy groups -OCH3 is 1. The number of rotatable bonds is 10. The van der Waals surface area contributed by atoms with Gasteiger partial charge in [0.1, 0.15) is 30.5 Å². The number of aromatic nitrogens is 1. The first-order chi connectivity index (χ1) is 20.4. The maximum absolute atomic E-state index is 13.8. The molecule has 0 spiro atoms. The van der Waals surface area contributed by atoms with Gasteiger partial charge in [0.05, 0.1) is 40.6 Å². The number of allylic oxidation sites excluding steroid dienone is 1. The van der Waals surface area contributed by atoms with Crippen molar-refractivity contribution in [2.24, 2.45) is 4.99 Å². The summed E-state index contributed by atoms with van der Waals surface area (Å²) in [5, 5.41) is 0.541. The number of carbonyl (C=O) groups is 1. The van der Waals surface area contributed by atoms with Crippen molar-refractivity contribution in [1.82, 2.24) is 4.57 Å². The normalized spacial score (nSPS) is 14.7. The average Bonchev–Trinajstić information content (AvgIpc) is 3.29. The standard InChI is InChI=1S/C32H29ClN2O6S/c1-4-39-31(37)28-20(2)34-32-35(29(28)22-12-14-23(38-3)15-13-22)30(36)27(42-32)19-21-8-7-9-24(18-21)40-16-17-41-26-11-6-5-10-25(26)33/h5-15,18-19,29H,4,16-17H2,1-3H3. The molecule has 0 N–H and O–H groups in total. The molecule has 4 aromatic rings. The smallest absolute Gasteiger partial charge is 0.338 e. The summed E-state index contributed by atoms with van der Waals surface area (Å²) in [6, 6.07) is 21.3. The summed E-state index contributed by atoms with van der Waals surface area (Å²) in [5.74, 6) is 1.40. The van der Waals surface area contributed by atoms with Gasteiger partial charge in [0.2, 0.25) is 0 Å². The van der Waals surface area contributed by atoms with Crippen molar-refractivity contribution in [3.8, 4) is 17.2 Å². The van der Waals surface area contributed by atoms with E-state index in [1.807, 2.05) is 48.5 Å². The fourth-order valence-corrected chi connectivity index (χ4v) is 5.85. The van der Waals surface area contributed by atoms with E-state index in [0.29, 0.717) is 56.1 Å². The van der Waals surface area contributed by atoms with Gasteiger partial charge in [0.15, 0.2) is 4.80 Å². The molecule has 0 bridgehead atoms. The highest BCUT2D eigenvalue weighted by atomic mass is 35.5. The molecule has 1 aromatic heterocycles. The summed E-state index contributed by atoms with van der Waals surface area (Å²) in [6.45, 7) is 4.35. The minimum atomic E-state index is -0.693. The topological polar surface area (TPSA) is 88.4 Å². The van der Waals surface area contributed by atoms with E-state index in [1.165, 1.54) is 11.3 Å². The van der Waals surface area contributed by atoms with Crippen LogP contribution < -0.4 is 29.1 Å². The third kappa shape index (κ3) is 6.27. The molecule has 0 fully saturated rings. The van der Waals surface area contributed by atoms with Crippen LogP contribution in [0.25, 0.3) is 6.08 Å². The zero-order valence-corrected chi connectivity index (χ0v) is 24.9. The predicted octanol–water partition coefficient (Wildman–Crippen LogP) is 4.92. The molecular formula is C32H29ClN2O6S. The Hall–Kier alpha value is -4.34. The van der Waals surface area contributed by atoms with Gasteiger partial charge in [-0.25, -0.2) is 9.79 Å². The van der Waals surface area contributed by atoms with Crippen molar-refractivity contribution in [2.45, 2.75) is 19.9 Å². The highest BCUT2D eigenvalue weighted by Crippen LogP contribution is 2.31. The zero-order valence-electron chi connectivity index (χ0n) is 23.3. The minimum Gasteiger partial charge on any atom is -0.497 e. The summed E-state index contributed by atoms with van der Waals surface area (Å²) in [7, 11) is 1.58. The second kappa shape index (κ2) is 13.1. The van der Waals surface area contributed by atoms with Crippen LogP contribution in [0.15, 0.2) is 93.9 Å². The molecule has 1 atom stereocenters. The van der Waals surface area contributed by atoms with E-state index in [4.69, 9.17) is 30.5 Å². The average molecular weight is 605 g/mol. The Balaban J connectivity index is 1.44. The molecule has 5 rings (SSSR count). The molecule has 216 valence electrons. The molecule has 10 heteroatoms. The number of hydrogen-bond acceptors (Lipinski definition) is 8. The molecule has 1 unspecified atom stereocenters. The molecular weight excluding hydrogens is 576 g/mol. The molecule has 0 saturated carbocycles. The van der Waals surface area contributed by atoms with E-state index in [0.717, 1.165) is 11.1 Å².